The van der Waals surface area contributed by atoms with E-state index in [9.17, 15) is 4.79 Å². The van der Waals surface area contributed by atoms with Crippen LogP contribution in [0.15, 0.2) is 0 Å². The van der Waals surface area contributed by atoms with Gasteiger partial charge >= 0.3 is 15.6 Å². The van der Waals surface area contributed by atoms with E-state index in [2.05, 4.69) is 0 Å². The molecule has 0 rings (SSSR count). The van der Waals surface area contributed by atoms with E-state index in [1.807, 2.05) is 0 Å². The van der Waals surface area contributed by atoms with E-state index in [0.717, 1.165) is 0 Å². The molecule has 0 amide bonds. The van der Waals surface area contributed by atoms with Gasteiger partial charge in [0, 0.05) is 0 Å². The maximum atomic E-state index is 9.33. The molecule has 0 fully saturated rings. The van der Waals surface area contributed by atoms with Gasteiger partial charge in [-0.25, -0.2) is 9.13 Å². The second kappa shape index (κ2) is 10.00. The van der Waals surface area contributed by atoms with Gasteiger partial charge in [0.05, 0.1) is 6.61 Å². The predicted octanol–water partition coefficient (Wildman–Crippen LogP) is -3.32. The third-order valence-corrected chi connectivity index (χ3v) is 0.344. The summed E-state index contributed by atoms with van der Waals surface area (Å²) < 4.78 is 17.8. The number of aldehydes is 1. The third-order valence-electron chi connectivity index (χ3n) is 0.344. The first-order valence-corrected chi connectivity index (χ1v) is 6.25. The van der Waals surface area contributed by atoms with E-state index in [4.69, 9.17) is 48.7 Å². The van der Waals surface area contributed by atoms with Gasteiger partial charge < -0.3 is 44.4 Å². The number of hydrogen-bond donors (Lipinski definition) is 8. The van der Waals surface area contributed by atoms with E-state index in [0.29, 0.717) is 0 Å². The molecule has 0 aliphatic heterocycles. The monoisotopic (exact) mass is 286 g/mol. The normalized spacial score (nSPS) is 12.5. The molecular weight excluding hydrogens is 274 g/mol. The van der Waals surface area contributed by atoms with Gasteiger partial charge in [-0.1, -0.05) is 0 Å². The van der Waals surface area contributed by atoms with E-state index in [-0.39, 0.29) is 6.29 Å². The molecular formula is C3H12O11P2. The molecule has 1 unspecified atom stereocenters. The fraction of sp³-hybridized carbons (Fsp3) is 0.667. The largest absolute Gasteiger partial charge is 0.466 e. The average molecular weight is 286 g/mol. The van der Waals surface area contributed by atoms with Crippen LogP contribution in [0.2, 0.25) is 0 Å². The van der Waals surface area contributed by atoms with Crippen molar-refractivity contribution in [2.45, 2.75) is 6.10 Å². The van der Waals surface area contributed by atoms with Crippen molar-refractivity contribution >= 4 is 21.9 Å². The van der Waals surface area contributed by atoms with Crippen LogP contribution in [0.4, 0.5) is 0 Å². The zero-order chi connectivity index (χ0) is 14.0. The van der Waals surface area contributed by atoms with Gasteiger partial charge in [0.2, 0.25) is 0 Å². The lowest BCUT2D eigenvalue weighted by Crippen LogP contribution is -2.12. The minimum atomic E-state index is -4.64. The van der Waals surface area contributed by atoms with Gasteiger partial charge in [-0.2, -0.15) is 0 Å². The Labute approximate surface area is 89.1 Å². The van der Waals surface area contributed by atoms with Crippen molar-refractivity contribution < 1.29 is 53.5 Å². The summed E-state index contributed by atoms with van der Waals surface area (Å²) in [5.41, 5.74) is 0. The van der Waals surface area contributed by atoms with Crippen molar-refractivity contribution in [2.75, 3.05) is 6.61 Å². The first-order chi connectivity index (χ1) is 6.81. The first-order valence-electron chi connectivity index (χ1n) is 3.12. The van der Waals surface area contributed by atoms with Gasteiger partial charge in [-0.05, 0) is 0 Å². The number of carbonyl (C=O) groups is 1. The Balaban J connectivity index is -0.000000160. The predicted molar refractivity (Wildman–Crippen MR) is 47.7 cm³/mol. The molecule has 0 aromatic rings. The molecule has 0 heterocycles. The lowest BCUT2D eigenvalue weighted by Gasteiger charge is -1.89. The van der Waals surface area contributed by atoms with Crippen LogP contribution in [-0.2, 0) is 13.9 Å². The summed E-state index contributed by atoms with van der Waals surface area (Å²) in [5, 5.41) is 15.9. The SMILES string of the molecule is O=CC(O)CO.O=P(O)(O)O.O=P(O)(O)O. The number of aliphatic hydroxyl groups excluding tert-OH is 2. The van der Waals surface area contributed by atoms with Crippen molar-refractivity contribution in [3.05, 3.63) is 0 Å². The summed E-state index contributed by atoms with van der Waals surface area (Å²) in [6, 6.07) is 0. The molecule has 0 radical (unpaired) electrons. The quantitative estimate of drug-likeness (QED) is 0.185. The van der Waals surface area contributed by atoms with Crippen LogP contribution in [0.25, 0.3) is 0 Å². The Kier molecular flexibility index (Phi) is 13.2. The Morgan fingerprint density at radius 1 is 0.938 bits per heavy atom. The van der Waals surface area contributed by atoms with Crippen molar-refractivity contribution in [1.82, 2.24) is 0 Å². The lowest BCUT2D eigenvalue weighted by atomic mass is 10.4. The molecule has 13 heteroatoms. The summed E-state index contributed by atoms with van der Waals surface area (Å²) in [5.74, 6) is 0. The van der Waals surface area contributed by atoms with Crippen LogP contribution in [0.1, 0.15) is 0 Å². The molecule has 100 valence electrons. The summed E-state index contributed by atoms with van der Waals surface area (Å²) in [6.07, 6.45) is -0.912. The highest BCUT2D eigenvalue weighted by Gasteiger charge is 2.00. The molecule has 8 N–H and O–H groups in total. The molecule has 0 bridgehead atoms. The first kappa shape index (κ1) is 21.1. The Bertz CT molecular complexity index is 213. The smallest absolute Gasteiger partial charge is 0.393 e. The van der Waals surface area contributed by atoms with Gasteiger partial charge in [0.15, 0.2) is 6.29 Å². The molecule has 0 aliphatic carbocycles. The van der Waals surface area contributed by atoms with E-state index in [1.54, 1.807) is 0 Å². The summed E-state index contributed by atoms with van der Waals surface area (Å²) in [7, 11) is -9.28. The Morgan fingerprint density at radius 3 is 1.12 bits per heavy atom. The molecule has 16 heavy (non-hydrogen) atoms. The molecule has 0 aliphatic rings. The maximum absolute atomic E-state index is 9.33. The van der Waals surface area contributed by atoms with Crippen LogP contribution in [0.5, 0.6) is 0 Å². The van der Waals surface area contributed by atoms with Gasteiger partial charge in [-0.3, -0.25) is 0 Å². The summed E-state index contributed by atoms with van der Waals surface area (Å²) in [6.45, 7) is -0.483. The highest BCUT2D eigenvalue weighted by Crippen LogP contribution is 2.26. The van der Waals surface area contributed by atoms with Gasteiger partial charge in [0.1, 0.15) is 6.10 Å². The van der Waals surface area contributed by atoms with Crippen molar-refractivity contribution in [3.8, 4) is 0 Å². The van der Waals surface area contributed by atoms with Crippen molar-refractivity contribution in [2.24, 2.45) is 0 Å². The topological polar surface area (TPSA) is 213 Å². The number of hydrogen-bond acceptors (Lipinski definition) is 5. The van der Waals surface area contributed by atoms with Crippen LogP contribution < -0.4 is 0 Å². The Morgan fingerprint density at radius 2 is 1.12 bits per heavy atom. The minimum Gasteiger partial charge on any atom is -0.393 e. The number of carbonyl (C=O) groups excluding carboxylic acids is 1. The van der Waals surface area contributed by atoms with E-state index < -0.39 is 28.4 Å². The minimum absolute atomic E-state index is 0.278. The average Bonchev–Trinajstić information content (AvgIpc) is 1.96. The van der Waals surface area contributed by atoms with E-state index >= 15 is 0 Å². The van der Waals surface area contributed by atoms with Crippen LogP contribution in [-0.4, -0.2) is 58.6 Å². The molecule has 0 aromatic heterocycles. The number of aliphatic hydroxyl groups is 2. The fourth-order valence-corrected chi connectivity index (χ4v) is 0.0430. The number of phosphoric acid groups is 2. The van der Waals surface area contributed by atoms with Crippen LogP contribution >= 0.6 is 15.6 Å². The lowest BCUT2D eigenvalue weighted by molar-refractivity contribution is -0.116. The standard InChI is InChI=1S/C3H6O3.2H3O4P/c4-1-3(6)2-5;2*1-5(2,3)4/h1,3,5-6H,2H2;2*(H3,1,2,3,4). The van der Waals surface area contributed by atoms with Gasteiger partial charge in [0.25, 0.3) is 0 Å². The van der Waals surface area contributed by atoms with Crippen LogP contribution in [0, 0.1) is 0 Å². The molecule has 0 saturated carbocycles. The Hall–Kier alpha value is -0.190. The highest BCUT2D eigenvalue weighted by atomic mass is 31.2. The van der Waals surface area contributed by atoms with Crippen molar-refractivity contribution in [3.63, 3.8) is 0 Å². The summed E-state index contributed by atoms with van der Waals surface area (Å²) >= 11 is 0. The second-order valence-corrected chi connectivity index (χ2v) is 3.97. The molecule has 1 atom stereocenters. The zero-order valence-corrected chi connectivity index (χ0v) is 9.35. The fourth-order valence-electron chi connectivity index (χ4n) is 0.0430. The van der Waals surface area contributed by atoms with Gasteiger partial charge in [-0.15, -0.1) is 0 Å². The maximum Gasteiger partial charge on any atom is 0.466 e. The van der Waals surface area contributed by atoms with Crippen LogP contribution in [0.3, 0.4) is 0 Å². The zero-order valence-electron chi connectivity index (χ0n) is 7.56. The summed E-state index contributed by atoms with van der Waals surface area (Å²) in [4.78, 5) is 52.5. The van der Waals surface area contributed by atoms with E-state index in [1.165, 1.54) is 0 Å². The highest BCUT2D eigenvalue weighted by molar-refractivity contribution is 7.45. The second-order valence-electron chi connectivity index (χ2n) is 1.91. The van der Waals surface area contributed by atoms with Crippen molar-refractivity contribution in [1.29, 1.82) is 0 Å². The molecule has 0 saturated heterocycles. The third kappa shape index (κ3) is 156. The molecule has 0 aromatic carbocycles. The molecule has 0 spiro atoms. The molecule has 11 nitrogen and oxygen atoms in total. The number of rotatable bonds is 2.